The number of fused-ring (bicyclic) bond motifs is 1. The van der Waals surface area contributed by atoms with Crippen LogP contribution in [0.5, 0.6) is 0 Å². The normalized spacial score (nSPS) is 17.5. The lowest BCUT2D eigenvalue weighted by atomic mass is 10.0. The maximum Gasteiger partial charge on any atom is 0.240 e. The standard InChI is InChI=1S/C23H18ClN5OS/c24-17-12-7-13-18(14-17)25-22(30)20-19(15-8-3-1-4-9-15)28-29-21(26-27-23(29)31-20)16-10-5-2-6-11-16/h1-14,19-20,28H,(H,25,30)/t19-,20+/m1/s1. The van der Waals surface area contributed by atoms with Crippen molar-refractivity contribution < 1.29 is 4.79 Å². The summed E-state index contributed by atoms with van der Waals surface area (Å²) in [7, 11) is 0. The Balaban J connectivity index is 1.50. The summed E-state index contributed by atoms with van der Waals surface area (Å²) in [5.74, 6) is 0.571. The number of carbonyl (C=O) groups excluding carboxylic acids is 1. The first kappa shape index (κ1) is 19.7. The van der Waals surface area contributed by atoms with E-state index in [1.54, 1.807) is 12.1 Å². The van der Waals surface area contributed by atoms with Crippen LogP contribution in [0.25, 0.3) is 11.4 Å². The second-order valence-corrected chi connectivity index (χ2v) is 8.61. The van der Waals surface area contributed by atoms with Crippen molar-refractivity contribution in [2.75, 3.05) is 10.7 Å². The van der Waals surface area contributed by atoms with Crippen LogP contribution in [0.4, 0.5) is 5.69 Å². The van der Waals surface area contributed by atoms with Crippen molar-refractivity contribution in [3.8, 4) is 11.4 Å². The van der Waals surface area contributed by atoms with Gasteiger partial charge in [0.05, 0.1) is 6.04 Å². The number of thioether (sulfide) groups is 1. The van der Waals surface area contributed by atoms with Crippen LogP contribution in [0.15, 0.2) is 90.1 Å². The van der Waals surface area contributed by atoms with Crippen LogP contribution < -0.4 is 10.7 Å². The number of hydrogen-bond acceptors (Lipinski definition) is 5. The number of benzene rings is 3. The Morgan fingerprint density at radius 3 is 2.45 bits per heavy atom. The molecule has 0 spiro atoms. The number of nitrogens with zero attached hydrogens (tertiary/aromatic N) is 3. The van der Waals surface area contributed by atoms with Crippen LogP contribution in [0.3, 0.4) is 0 Å². The van der Waals surface area contributed by atoms with Gasteiger partial charge in [-0.05, 0) is 23.8 Å². The molecule has 154 valence electrons. The lowest BCUT2D eigenvalue weighted by Gasteiger charge is -2.33. The number of carbonyl (C=O) groups is 1. The van der Waals surface area contributed by atoms with Crippen molar-refractivity contribution >= 4 is 35.0 Å². The van der Waals surface area contributed by atoms with Gasteiger partial charge in [0.1, 0.15) is 5.25 Å². The molecule has 3 aromatic carbocycles. The number of halogens is 1. The topological polar surface area (TPSA) is 71.8 Å². The highest BCUT2D eigenvalue weighted by atomic mass is 35.5. The van der Waals surface area contributed by atoms with Crippen molar-refractivity contribution in [3.63, 3.8) is 0 Å². The molecule has 2 atom stereocenters. The Hall–Kier alpha value is -3.29. The van der Waals surface area contributed by atoms with Gasteiger partial charge in [-0.2, -0.15) is 0 Å². The zero-order valence-corrected chi connectivity index (χ0v) is 17.8. The molecule has 0 fully saturated rings. The van der Waals surface area contributed by atoms with Crippen LogP contribution in [0, 0.1) is 0 Å². The molecule has 1 amide bonds. The van der Waals surface area contributed by atoms with Gasteiger partial charge in [-0.3, -0.25) is 4.79 Å². The molecule has 1 aliphatic heterocycles. The second-order valence-electron chi connectivity index (χ2n) is 7.06. The maximum absolute atomic E-state index is 13.3. The van der Waals surface area contributed by atoms with Gasteiger partial charge in [0.2, 0.25) is 11.1 Å². The molecule has 0 bridgehead atoms. The fraction of sp³-hybridized carbons (Fsp3) is 0.0870. The molecule has 4 aromatic rings. The number of rotatable bonds is 4. The predicted molar refractivity (Wildman–Crippen MR) is 124 cm³/mol. The van der Waals surface area contributed by atoms with Crippen molar-refractivity contribution in [1.29, 1.82) is 0 Å². The first-order valence-electron chi connectivity index (χ1n) is 9.74. The third-order valence-electron chi connectivity index (χ3n) is 4.98. The van der Waals surface area contributed by atoms with Gasteiger partial charge in [-0.25, -0.2) is 4.68 Å². The average molecular weight is 448 g/mol. The molecular formula is C23H18ClN5OS. The zero-order valence-electron chi connectivity index (χ0n) is 16.3. The molecule has 2 N–H and O–H groups in total. The largest absolute Gasteiger partial charge is 0.325 e. The molecule has 0 saturated heterocycles. The summed E-state index contributed by atoms with van der Waals surface area (Å²) in [5.41, 5.74) is 6.07. The highest BCUT2D eigenvalue weighted by molar-refractivity contribution is 8.00. The fourth-order valence-electron chi connectivity index (χ4n) is 3.52. The van der Waals surface area contributed by atoms with Crippen molar-refractivity contribution in [2.45, 2.75) is 16.4 Å². The van der Waals surface area contributed by atoms with E-state index in [2.05, 4.69) is 20.9 Å². The summed E-state index contributed by atoms with van der Waals surface area (Å²) in [4.78, 5) is 13.3. The minimum absolute atomic E-state index is 0.135. The van der Waals surface area contributed by atoms with E-state index in [9.17, 15) is 4.79 Å². The van der Waals surface area contributed by atoms with Crippen LogP contribution in [-0.4, -0.2) is 26.0 Å². The molecule has 1 aliphatic rings. The molecule has 0 unspecified atom stereocenters. The summed E-state index contributed by atoms with van der Waals surface area (Å²) >= 11 is 7.46. The van der Waals surface area contributed by atoms with Gasteiger partial charge in [0.15, 0.2) is 5.82 Å². The Kier molecular flexibility index (Phi) is 5.36. The van der Waals surface area contributed by atoms with Gasteiger partial charge in [0.25, 0.3) is 0 Å². The Morgan fingerprint density at radius 2 is 1.71 bits per heavy atom. The van der Waals surface area contributed by atoms with Gasteiger partial charge in [0, 0.05) is 16.3 Å². The van der Waals surface area contributed by atoms with Crippen LogP contribution in [0.1, 0.15) is 11.6 Å². The molecule has 0 aliphatic carbocycles. The number of hydrogen-bond donors (Lipinski definition) is 2. The Morgan fingerprint density at radius 1 is 0.968 bits per heavy atom. The quantitative estimate of drug-likeness (QED) is 0.460. The van der Waals surface area contributed by atoms with Crippen LogP contribution in [-0.2, 0) is 4.79 Å². The number of aromatic nitrogens is 3. The van der Waals surface area contributed by atoms with Crippen molar-refractivity contribution in [1.82, 2.24) is 14.9 Å². The first-order valence-corrected chi connectivity index (χ1v) is 11.0. The molecule has 8 heteroatoms. The third-order valence-corrected chi connectivity index (χ3v) is 6.43. The summed E-state index contributed by atoms with van der Waals surface area (Å²) < 4.78 is 1.86. The predicted octanol–water partition coefficient (Wildman–Crippen LogP) is 5.00. The SMILES string of the molecule is O=C(Nc1cccc(Cl)c1)[C@H]1Sc2nnc(-c3ccccc3)n2N[C@@H]1c1ccccc1. The second kappa shape index (κ2) is 8.45. The first-order chi connectivity index (χ1) is 15.2. The monoisotopic (exact) mass is 447 g/mol. The Labute approximate surface area is 188 Å². The molecule has 2 heterocycles. The molecule has 6 nitrogen and oxygen atoms in total. The van der Waals surface area contributed by atoms with Gasteiger partial charge < -0.3 is 10.7 Å². The smallest absolute Gasteiger partial charge is 0.240 e. The molecule has 31 heavy (non-hydrogen) atoms. The molecular weight excluding hydrogens is 430 g/mol. The average Bonchev–Trinajstić information content (AvgIpc) is 3.22. The van der Waals surface area contributed by atoms with Crippen molar-refractivity contribution in [2.24, 2.45) is 0 Å². The van der Waals surface area contributed by atoms with E-state index in [4.69, 9.17) is 11.6 Å². The molecule has 0 saturated carbocycles. The molecule has 0 radical (unpaired) electrons. The number of anilines is 1. The van der Waals surface area contributed by atoms with E-state index in [0.717, 1.165) is 11.1 Å². The van der Waals surface area contributed by atoms with Crippen LogP contribution in [0.2, 0.25) is 5.02 Å². The van der Waals surface area contributed by atoms with E-state index >= 15 is 0 Å². The molecule has 5 rings (SSSR count). The third kappa shape index (κ3) is 4.02. The molecule has 1 aromatic heterocycles. The summed E-state index contributed by atoms with van der Waals surface area (Å²) in [6.45, 7) is 0. The van der Waals surface area contributed by atoms with E-state index in [0.29, 0.717) is 21.7 Å². The van der Waals surface area contributed by atoms with Crippen molar-refractivity contribution in [3.05, 3.63) is 95.5 Å². The highest BCUT2D eigenvalue weighted by Crippen LogP contribution is 2.39. The summed E-state index contributed by atoms with van der Waals surface area (Å²) in [6.07, 6.45) is 0. The van der Waals surface area contributed by atoms with E-state index in [-0.39, 0.29) is 11.9 Å². The van der Waals surface area contributed by atoms with E-state index in [1.807, 2.05) is 77.5 Å². The lowest BCUT2D eigenvalue weighted by Crippen LogP contribution is -2.41. The van der Waals surface area contributed by atoms with E-state index < -0.39 is 5.25 Å². The van der Waals surface area contributed by atoms with Gasteiger partial charge >= 0.3 is 0 Å². The lowest BCUT2D eigenvalue weighted by molar-refractivity contribution is -0.116. The van der Waals surface area contributed by atoms with Gasteiger partial charge in [-0.1, -0.05) is 90.1 Å². The Bertz CT molecular complexity index is 1220. The minimum Gasteiger partial charge on any atom is -0.325 e. The fourth-order valence-corrected chi connectivity index (χ4v) is 4.79. The minimum atomic E-state index is -0.457. The zero-order chi connectivity index (χ0) is 21.2. The highest BCUT2D eigenvalue weighted by Gasteiger charge is 2.38. The summed E-state index contributed by atoms with van der Waals surface area (Å²) in [6, 6.07) is 26.6. The number of amides is 1. The summed E-state index contributed by atoms with van der Waals surface area (Å²) in [5, 5.41) is 12.4. The maximum atomic E-state index is 13.3. The number of nitrogens with one attached hydrogen (secondary N) is 2. The van der Waals surface area contributed by atoms with Gasteiger partial charge in [-0.15, -0.1) is 10.2 Å². The van der Waals surface area contributed by atoms with E-state index in [1.165, 1.54) is 11.8 Å². The van der Waals surface area contributed by atoms with Crippen LogP contribution >= 0.6 is 23.4 Å².